The number of piperidine rings is 1. The lowest BCUT2D eigenvalue weighted by Crippen LogP contribution is -2.34. The van der Waals surface area contributed by atoms with Crippen molar-refractivity contribution in [3.8, 4) is 6.07 Å². The van der Waals surface area contributed by atoms with Gasteiger partial charge in [0.2, 0.25) is 0 Å². The molecule has 0 N–H and O–H groups in total. The van der Waals surface area contributed by atoms with E-state index in [1.807, 2.05) is 25.3 Å². The van der Waals surface area contributed by atoms with Crippen LogP contribution in [0.4, 0.5) is 0 Å². The third kappa shape index (κ3) is 1.92. The lowest BCUT2D eigenvalue weighted by molar-refractivity contribution is 0.0680. The van der Waals surface area contributed by atoms with Gasteiger partial charge in [-0.15, -0.1) is 0 Å². The average molecular weight is 242 g/mol. The Morgan fingerprint density at radius 1 is 1.44 bits per heavy atom. The molecule has 94 valence electrons. The number of nitriles is 1. The van der Waals surface area contributed by atoms with Gasteiger partial charge in [-0.1, -0.05) is 12.1 Å². The van der Waals surface area contributed by atoms with E-state index in [1.54, 1.807) is 0 Å². The molecule has 1 saturated carbocycles. The number of benzene rings is 1. The minimum Gasteiger partial charge on any atom is -0.379 e. The summed E-state index contributed by atoms with van der Waals surface area (Å²) >= 11 is 0. The van der Waals surface area contributed by atoms with Gasteiger partial charge in [-0.2, -0.15) is 5.26 Å². The van der Waals surface area contributed by atoms with Gasteiger partial charge in [-0.25, -0.2) is 0 Å². The van der Waals surface area contributed by atoms with Crippen LogP contribution in [0.25, 0.3) is 0 Å². The van der Waals surface area contributed by atoms with E-state index >= 15 is 0 Å². The van der Waals surface area contributed by atoms with Crippen molar-refractivity contribution in [1.82, 2.24) is 4.90 Å². The minimum atomic E-state index is 0.421. The molecule has 3 rings (SSSR count). The van der Waals surface area contributed by atoms with Crippen LogP contribution in [0.3, 0.4) is 0 Å². The summed E-state index contributed by atoms with van der Waals surface area (Å²) in [4.78, 5) is 2.51. The van der Waals surface area contributed by atoms with Crippen molar-refractivity contribution in [1.29, 1.82) is 5.26 Å². The van der Waals surface area contributed by atoms with Crippen LogP contribution < -0.4 is 0 Å². The number of nitrogens with zero attached hydrogens (tertiary/aromatic N) is 2. The molecule has 0 aromatic heterocycles. The predicted octanol–water partition coefficient (Wildman–Crippen LogP) is 2.17. The Bertz CT molecular complexity index is 480. The summed E-state index contributed by atoms with van der Waals surface area (Å²) in [7, 11) is 1.83. The Morgan fingerprint density at radius 3 is 3.06 bits per heavy atom. The summed E-state index contributed by atoms with van der Waals surface area (Å²) in [5.74, 6) is 0.708. The zero-order chi connectivity index (χ0) is 12.5. The Kier molecular flexibility index (Phi) is 3.07. The van der Waals surface area contributed by atoms with Crippen molar-refractivity contribution in [3.63, 3.8) is 0 Å². The van der Waals surface area contributed by atoms with E-state index in [0.29, 0.717) is 18.1 Å². The molecule has 0 spiro atoms. The molecule has 2 aliphatic rings. The molecule has 1 aliphatic heterocycles. The van der Waals surface area contributed by atoms with Crippen molar-refractivity contribution < 1.29 is 4.74 Å². The number of likely N-dealkylation sites (tertiary alicyclic amines) is 1. The first-order valence-electron chi connectivity index (χ1n) is 6.57. The van der Waals surface area contributed by atoms with Gasteiger partial charge < -0.3 is 4.74 Å². The van der Waals surface area contributed by atoms with E-state index < -0.39 is 0 Å². The first-order valence-corrected chi connectivity index (χ1v) is 6.57. The number of fused-ring (bicyclic) bond motifs is 2. The second-order valence-corrected chi connectivity index (χ2v) is 5.35. The Balaban J connectivity index is 1.73. The van der Waals surface area contributed by atoms with Crippen molar-refractivity contribution in [2.24, 2.45) is 5.92 Å². The maximum atomic E-state index is 8.92. The molecule has 1 aliphatic carbocycles. The monoisotopic (exact) mass is 242 g/mol. The van der Waals surface area contributed by atoms with Crippen LogP contribution in [-0.2, 0) is 11.3 Å². The zero-order valence-corrected chi connectivity index (χ0v) is 10.7. The summed E-state index contributed by atoms with van der Waals surface area (Å²) in [6.07, 6.45) is 2.98. The zero-order valence-electron chi connectivity index (χ0n) is 10.7. The highest BCUT2D eigenvalue weighted by molar-refractivity contribution is 5.32. The van der Waals surface area contributed by atoms with Crippen LogP contribution in [0.2, 0.25) is 0 Å². The molecular weight excluding hydrogens is 224 g/mol. The van der Waals surface area contributed by atoms with Crippen LogP contribution in [0, 0.1) is 17.2 Å². The molecule has 1 heterocycles. The van der Waals surface area contributed by atoms with Gasteiger partial charge in [0.25, 0.3) is 0 Å². The Labute approximate surface area is 108 Å². The van der Waals surface area contributed by atoms with Crippen molar-refractivity contribution >= 4 is 0 Å². The third-order valence-electron chi connectivity index (χ3n) is 4.33. The summed E-state index contributed by atoms with van der Waals surface area (Å²) in [5, 5.41) is 8.92. The quantitative estimate of drug-likeness (QED) is 0.815. The van der Waals surface area contributed by atoms with Gasteiger partial charge in [-0.05, 0) is 36.5 Å². The van der Waals surface area contributed by atoms with E-state index in [2.05, 4.69) is 17.0 Å². The number of rotatable bonds is 3. The molecule has 3 atom stereocenters. The lowest BCUT2D eigenvalue weighted by Gasteiger charge is -2.26. The maximum absolute atomic E-state index is 8.92. The number of hydrogen-bond donors (Lipinski definition) is 0. The van der Waals surface area contributed by atoms with E-state index in [-0.39, 0.29) is 0 Å². The van der Waals surface area contributed by atoms with E-state index in [1.165, 1.54) is 18.4 Å². The number of ether oxygens (including phenoxy) is 1. The molecule has 3 heteroatoms. The van der Waals surface area contributed by atoms with Gasteiger partial charge >= 0.3 is 0 Å². The van der Waals surface area contributed by atoms with Gasteiger partial charge in [0.05, 0.1) is 17.7 Å². The molecule has 1 aromatic rings. The fourth-order valence-electron chi connectivity index (χ4n) is 3.55. The van der Waals surface area contributed by atoms with Crippen LogP contribution in [-0.4, -0.2) is 30.7 Å². The van der Waals surface area contributed by atoms with Crippen LogP contribution in [0.1, 0.15) is 24.0 Å². The molecule has 0 amide bonds. The highest BCUT2D eigenvalue weighted by atomic mass is 16.5. The fraction of sp³-hybridized carbons (Fsp3) is 0.533. The second kappa shape index (κ2) is 4.72. The minimum absolute atomic E-state index is 0.421. The van der Waals surface area contributed by atoms with E-state index in [0.717, 1.165) is 18.7 Å². The highest BCUT2D eigenvalue weighted by Gasteiger charge is 2.46. The summed E-state index contributed by atoms with van der Waals surface area (Å²) in [6, 6.07) is 10.7. The first kappa shape index (κ1) is 11.7. The van der Waals surface area contributed by atoms with E-state index in [9.17, 15) is 0 Å². The molecule has 0 unspecified atom stereocenters. The van der Waals surface area contributed by atoms with Crippen molar-refractivity contribution in [2.45, 2.75) is 31.5 Å². The highest BCUT2D eigenvalue weighted by Crippen LogP contribution is 2.40. The lowest BCUT2D eigenvalue weighted by atomic mass is 10.1. The molecule has 18 heavy (non-hydrogen) atoms. The van der Waals surface area contributed by atoms with Gasteiger partial charge in [0.1, 0.15) is 0 Å². The molecule has 1 saturated heterocycles. The summed E-state index contributed by atoms with van der Waals surface area (Å²) in [6.45, 7) is 2.08. The van der Waals surface area contributed by atoms with Crippen LogP contribution in [0.15, 0.2) is 24.3 Å². The second-order valence-electron chi connectivity index (χ2n) is 5.35. The first-order chi connectivity index (χ1) is 8.81. The largest absolute Gasteiger partial charge is 0.379 e. The number of hydrogen-bond acceptors (Lipinski definition) is 3. The molecule has 1 aromatic carbocycles. The average Bonchev–Trinajstić information content (AvgIpc) is 2.95. The smallest absolute Gasteiger partial charge is 0.0991 e. The molecule has 3 nitrogen and oxygen atoms in total. The third-order valence-corrected chi connectivity index (χ3v) is 4.33. The topological polar surface area (TPSA) is 36.3 Å². The SMILES string of the molecule is CO[C@H]1[C@H]2CC[C@H]1N(Cc1cccc(C#N)c1)C2. The molecule has 0 radical (unpaired) electrons. The molecule has 2 fully saturated rings. The van der Waals surface area contributed by atoms with Crippen molar-refractivity contribution in [2.75, 3.05) is 13.7 Å². The van der Waals surface area contributed by atoms with Crippen LogP contribution in [0.5, 0.6) is 0 Å². The molecule has 2 bridgehead atoms. The standard InChI is InChI=1S/C15H18N2O/c1-18-15-13-5-6-14(15)17(10-13)9-12-4-2-3-11(7-12)8-16/h2-4,7,13-15H,5-6,9-10H2,1H3/t13-,14+,15-/m0/s1. The van der Waals surface area contributed by atoms with Gasteiger partial charge in [0.15, 0.2) is 0 Å². The normalized spacial score (nSPS) is 30.6. The number of methoxy groups -OCH3 is 1. The molecular formula is C15H18N2O. The van der Waals surface area contributed by atoms with Gasteiger partial charge in [0, 0.05) is 26.2 Å². The maximum Gasteiger partial charge on any atom is 0.0991 e. The fourth-order valence-corrected chi connectivity index (χ4v) is 3.55. The van der Waals surface area contributed by atoms with E-state index in [4.69, 9.17) is 10.00 Å². The van der Waals surface area contributed by atoms with Gasteiger partial charge in [-0.3, -0.25) is 4.90 Å². The summed E-state index contributed by atoms with van der Waals surface area (Å²) in [5.41, 5.74) is 1.98. The van der Waals surface area contributed by atoms with Crippen LogP contribution >= 0.6 is 0 Å². The Hall–Kier alpha value is -1.37. The predicted molar refractivity (Wildman–Crippen MR) is 68.9 cm³/mol. The Morgan fingerprint density at radius 2 is 2.33 bits per heavy atom. The summed E-state index contributed by atoms with van der Waals surface area (Å²) < 4.78 is 5.62. The van der Waals surface area contributed by atoms with Crippen molar-refractivity contribution in [3.05, 3.63) is 35.4 Å².